The minimum absolute atomic E-state index is 0.126. The second-order valence-electron chi connectivity index (χ2n) is 6.24. The number of ether oxygens (including phenoxy) is 1. The van der Waals surface area contributed by atoms with Crippen LogP contribution in [0.5, 0.6) is 5.75 Å². The van der Waals surface area contributed by atoms with Gasteiger partial charge in [0.2, 0.25) is 0 Å². The van der Waals surface area contributed by atoms with Gasteiger partial charge in [0.15, 0.2) is 0 Å². The summed E-state index contributed by atoms with van der Waals surface area (Å²) in [5.41, 5.74) is -0.0658. The number of nitrogens with one attached hydrogen (secondary N) is 1. The molecule has 1 aromatic heterocycles. The van der Waals surface area contributed by atoms with Crippen molar-refractivity contribution in [3.63, 3.8) is 0 Å². The number of hydrogen-bond acceptors (Lipinski definition) is 4. The average molecular weight is 326 g/mol. The van der Waals surface area contributed by atoms with Gasteiger partial charge in [0.25, 0.3) is 5.91 Å². The number of para-hydroxylation sites is 1. The van der Waals surface area contributed by atoms with Gasteiger partial charge in [-0.2, -0.15) is 0 Å². The molecule has 124 valence electrons. The summed E-state index contributed by atoms with van der Waals surface area (Å²) >= 11 is 0. The molecule has 1 N–H and O–H groups in total. The molecule has 2 aliphatic heterocycles. The zero-order valence-electron chi connectivity index (χ0n) is 13.1. The third-order valence-electron chi connectivity index (χ3n) is 4.56. The Hall–Kier alpha value is -2.83. The molecule has 2 aromatic rings. The number of fused-ring (bicyclic) bond motifs is 1. The number of imidazole rings is 1. The number of rotatable bonds is 0. The van der Waals surface area contributed by atoms with Crippen LogP contribution in [0.2, 0.25) is 0 Å². The lowest BCUT2D eigenvalue weighted by Crippen LogP contribution is -2.58. The maximum atomic E-state index is 12.6. The lowest BCUT2D eigenvalue weighted by Gasteiger charge is -2.41. The van der Waals surface area contributed by atoms with Crippen LogP contribution in [0.25, 0.3) is 0 Å². The Kier molecular flexibility index (Phi) is 3.48. The van der Waals surface area contributed by atoms with E-state index < -0.39 is 5.60 Å². The van der Waals surface area contributed by atoms with Gasteiger partial charge in [0.05, 0.1) is 18.7 Å². The molecule has 0 unspecified atom stereocenters. The van der Waals surface area contributed by atoms with Crippen molar-refractivity contribution in [1.29, 1.82) is 0 Å². The van der Waals surface area contributed by atoms with Crippen molar-refractivity contribution in [3.05, 3.63) is 48.5 Å². The molecule has 1 saturated heterocycles. The second-order valence-corrected chi connectivity index (χ2v) is 6.24. The second kappa shape index (κ2) is 5.67. The zero-order valence-corrected chi connectivity index (χ0v) is 13.1. The Morgan fingerprint density at radius 2 is 2.21 bits per heavy atom. The zero-order chi connectivity index (χ0) is 16.6. The highest BCUT2D eigenvalue weighted by Crippen LogP contribution is 2.32. The van der Waals surface area contributed by atoms with Gasteiger partial charge in [-0.25, -0.2) is 9.78 Å². The highest BCUT2D eigenvalue weighted by molar-refractivity contribution is 5.97. The van der Waals surface area contributed by atoms with E-state index in [4.69, 9.17) is 4.74 Å². The maximum Gasteiger partial charge on any atom is 0.329 e. The molecule has 2 aliphatic rings. The molecule has 0 aliphatic carbocycles. The molecule has 7 nitrogen and oxygen atoms in total. The SMILES string of the molecule is O=C1NC[C@@]2(CCCN(C(=O)n3ccnc3)C2)Oc2ccccc21. The minimum atomic E-state index is -0.600. The number of aromatic nitrogens is 2. The number of carbonyl (C=O) groups excluding carboxylic acids is 2. The first kappa shape index (κ1) is 14.7. The van der Waals surface area contributed by atoms with E-state index in [1.54, 1.807) is 29.4 Å². The Bertz CT molecular complexity index is 774. The van der Waals surface area contributed by atoms with E-state index in [1.165, 1.54) is 10.9 Å². The molecule has 24 heavy (non-hydrogen) atoms. The van der Waals surface area contributed by atoms with Crippen LogP contribution in [0.3, 0.4) is 0 Å². The van der Waals surface area contributed by atoms with Crippen molar-refractivity contribution >= 4 is 11.9 Å². The van der Waals surface area contributed by atoms with Crippen LogP contribution >= 0.6 is 0 Å². The third kappa shape index (κ3) is 2.51. The number of carbonyl (C=O) groups is 2. The minimum Gasteiger partial charge on any atom is -0.483 e. The summed E-state index contributed by atoms with van der Waals surface area (Å²) in [5.74, 6) is 0.435. The normalized spacial score (nSPS) is 23.2. The molecule has 1 atom stereocenters. The lowest BCUT2D eigenvalue weighted by atomic mass is 9.92. The van der Waals surface area contributed by atoms with Crippen LogP contribution in [-0.2, 0) is 0 Å². The number of nitrogens with zero attached hydrogens (tertiary/aromatic N) is 3. The van der Waals surface area contributed by atoms with Crippen molar-refractivity contribution in [2.24, 2.45) is 0 Å². The topological polar surface area (TPSA) is 76.5 Å². The number of benzene rings is 1. The van der Waals surface area contributed by atoms with E-state index >= 15 is 0 Å². The fourth-order valence-electron chi connectivity index (χ4n) is 3.37. The quantitative estimate of drug-likeness (QED) is 0.796. The molecule has 0 radical (unpaired) electrons. The molecule has 1 aromatic carbocycles. The average Bonchev–Trinajstić information content (AvgIpc) is 3.10. The Morgan fingerprint density at radius 3 is 3.04 bits per heavy atom. The molecule has 7 heteroatoms. The van der Waals surface area contributed by atoms with Crippen molar-refractivity contribution in [1.82, 2.24) is 19.8 Å². The van der Waals surface area contributed by atoms with Crippen LogP contribution in [0.4, 0.5) is 4.79 Å². The van der Waals surface area contributed by atoms with Crippen LogP contribution in [-0.4, -0.2) is 51.6 Å². The predicted molar refractivity (Wildman–Crippen MR) is 86.0 cm³/mol. The fraction of sp³-hybridized carbons (Fsp3) is 0.353. The van der Waals surface area contributed by atoms with Crippen LogP contribution < -0.4 is 10.1 Å². The largest absolute Gasteiger partial charge is 0.483 e. The van der Waals surface area contributed by atoms with Gasteiger partial charge in [-0.3, -0.25) is 9.36 Å². The summed E-state index contributed by atoms with van der Waals surface area (Å²) in [6.07, 6.45) is 6.31. The summed E-state index contributed by atoms with van der Waals surface area (Å²) in [7, 11) is 0. The van der Waals surface area contributed by atoms with Gasteiger partial charge in [-0.15, -0.1) is 0 Å². The van der Waals surface area contributed by atoms with Gasteiger partial charge >= 0.3 is 6.03 Å². The maximum absolute atomic E-state index is 12.6. The first-order valence-electron chi connectivity index (χ1n) is 8.00. The molecule has 4 rings (SSSR count). The van der Waals surface area contributed by atoms with Crippen molar-refractivity contribution in [3.8, 4) is 5.75 Å². The first-order valence-corrected chi connectivity index (χ1v) is 8.00. The standard InChI is InChI=1S/C17H18N4O3/c22-15-13-4-1-2-5-14(13)24-17(10-19-15)6-3-8-20(11-17)16(23)21-9-7-18-12-21/h1-2,4-5,7,9,12H,3,6,8,10-11H2,(H,19,22)/t17-/m1/s1. The Labute approximate surface area is 139 Å². The Balaban J connectivity index is 1.61. The van der Waals surface area contributed by atoms with E-state index in [9.17, 15) is 9.59 Å². The Morgan fingerprint density at radius 1 is 1.33 bits per heavy atom. The van der Waals surface area contributed by atoms with Gasteiger partial charge in [-0.05, 0) is 25.0 Å². The van der Waals surface area contributed by atoms with Crippen molar-refractivity contribution < 1.29 is 14.3 Å². The molecule has 1 spiro atoms. The number of likely N-dealkylation sites (tertiary alicyclic amines) is 1. The highest BCUT2D eigenvalue weighted by atomic mass is 16.5. The van der Waals surface area contributed by atoms with E-state index in [0.29, 0.717) is 30.9 Å². The summed E-state index contributed by atoms with van der Waals surface area (Å²) in [4.78, 5) is 30.5. The van der Waals surface area contributed by atoms with Crippen LogP contribution in [0, 0.1) is 0 Å². The number of hydrogen-bond donors (Lipinski definition) is 1. The summed E-state index contributed by atoms with van der Waals surface area (Å²) in [6, 6.07) is 7.09. The van der Waals surface area contributed by atoms with E-state index in [1.807, 2.05) is 12.1 Å². The lowest BCUT2D eigenvalue weighted by molar-refractivity contribution is 0.00912. The third-order valence-corrected chi connectivity index (χ3v) is 4.56. The summed E-state index contributed by atoms with van der Waals surface area (Å²) in [5, 5.41) is 2.93. The van der Waals surface area contributed by atoms with Gasteiger partial charge in [-0.1, -0.05) is 12.1 Å². The molecule has 3 heterocycles. The molecule has 0 saturated carbocycles. The van der Waals surface area contributed by atoms with Crippen molar-refractivity contribution in [2.45, 2.75) is 18.4 Å². The van der Waals surface area contributed by atoms with Crippen LogP contribution in [0.1, 0.15) is 23.2 Å². The first-order chi connectivity index (χ1) is 11.7. The number of piperidine rings is 1. The summed E-state index contributed by atoms with van der Waals surface area (Å²) < 4.78 is 7.71. The molecule has 2 amide bonds. The molecular weight excluding hydrogens is 308 g/mol. The molecule has 1 fully saturated rings. The van der Waals surface area contributed by atoms with Crippen LogP contribution in [0.15, 0.2) is 43.0 Å². The smallest absolute Gasteiger partial charge is 0.329 e. The van der Waals surface area contributed by atoms with Crippen molar-refractivity contribution in [2.75, 3.05) is 19.6 Å². The predicted octanol–water partition coefficient (Wildman–Crippen LogP) is 1.51. The van der Waals surface area contributed by atoms with E-state index in [-0.39, 0.29) is 11.9 Å². The van der Waals surface area contributed by atoms with E-state index in [2.05, 4.69) is 10.3 Å². The van der Waals surface area contributed by atoms with Gasteiger partial charge in [0, 0.05) is 18.9 Å². The number of amides is 2. The van der Waals surface area contributed by atoms with Gasteiger partial charge < -0.3 is 15.0 Å². The molecule has 0 bridgehead atoms. The summed E-state index contributed by atoms with van der Waals surface area (Å²) in [6.45, 7) is 1.48. The van der Waals surface area contributed by atoms with E-state index in [0.717, 1.165) is 12.8 Å². The molecular formula is C17H18N4O3. The van der Waals surface area contributed by atoms with Gasteiger partial charge in [0.1, 0.15) is 17.7 Å². The fourth-order valence-corrected chi connectivity index (χ4v) is 3.37. The highest BCUT2D eigenvalue weighted by Gasteiger charge is 2.42. The monoisotopic (exact) mass is 326 g/mol.